The van der Waals surface area contributed by atoms with Gasteiger partial charge in [-0.3, -0.25) is 4.90 Å². The molecular formula is C18H27NSi. The number of benzene rings is 1. The molecule has 0 saturated carbocycles. The second-order valence-corrected chi connectivity index (χ2v) is 11.6. The zero-order valence-electron chi connectivity index (χ0n) is 13.3. The first-order valence-electron chi connectivity index (χ1n) is 7.83. The standard InChI is InChI=1S/C18H27NSi/c1-5-6-12-17-18(13-14-20(2,3)4)19(17)15-16-10-8-7-9-11-16/h7-11,17-18H,5-6,12,15H2,1-4H3/t17-,18-,19?/m1/s1. The average molecular weight is 286 g/mol. The molecule has 1 unspecified atom stereocenters. The summed E-state index contributed by atoms with van der Waals surface area (Å²) in [5.74, 6) is 3.56. The molecule has 0 bridgehead atoms. The van der Waals surface area contributed by atoms with Gasteiger partial charge in [0.05, 0.1) is 6.04 Å². The topological polar surface area (TPSA) is 3.01 Å². The van der Waals surface area contributed by atoms with Crippen LogP contribution in [0.1, 0.15) is 31.7 Å². The minimum atomic E-state index is -1.25. The van der Waals surface area contributed by atoms with E-state index in [4.69, 9.17) is 0 Å². The van der Waals surface area contributed by atoms with E-state index >= 15 is 0 Å². The predicted octanol–water partition coefficient (Wildman–Crippen LogP) is 4.31. The van der Waals surface area contributed by atoms with Crippen LogP contribution in [0.2, 0.25) is 19.6 Å². The third kappa shape index (κ3) is 4.51. The maximum absolute atomic E-state index is 3.56. The molecule has 108 valence electrons. The van der Waals surface area contributed by atoms with E-state index in [0.717, 1.165) is 6.54 Å². The van der Waals surface area contributed by atoms with Gasteiger partial charge in [0.25, 0.3) is 0 Å². The van der Waals surface area contributed by atoms with Gasteiger partial charge in [0.1, 0.15) is 8.07 Å². The summed E-state index contributed by atoms with van der Waals surface area (Å²) in [6, 6.07) is 12.0. The Bertz CT molecular complexity index is 478. The SMILES string of the molecule is CCCC[C@@H]1[C@@H](C#C[Si](C)(C)C)N1Cc1ccccc1. The molecule has 1 heterocycles. The Morgan fingerprint density at radius 1 is 1.15 bits per heavy atom. The van der Waals surface area contributed by atoms with Crippen molar-refractivity contribution in [2.24, 2.45) is 0 Å². The minimum Gasteiger partial charge on any atom is -0.279 e. The largest absolute Gasteiger partial charge is 0.279 e. The van der Waals surface area contributed by atoms with Gasteiger partial charge in [0.2, 0.25) is 0 Å². The Labute approximate surface area is 125 Å². The van der Waals surface area contributed by atoms with E-state index in [-0.39, 0.29) is 0 Å². The molecule has 0 amide bonds. The van der Waals surface area contributed by atoms with Crippen LogP contribution < -0.4 is 0 Å². The van der Waals surface area contributed by atoms with E-state index in [1.807, 2.05) is 0 Å². The highest BCUT2D eigenvalue weighted by Crippen LogP contribution is 2.34. The molecule has 20 heavy (non-hydrogen) atoms. The van der Waals surface area contributed by atoms with Gasteiger partial charge >= 0.3 is 0 Å². The molecule has 0 aliphatic carbocycles. The van der Waals surface area contributed by atoms with Crippen LogP contribution in [-0.4, -0.2) is 25.1 Å². The molecule has 2 heteroatoms. The number of hydrogen-bond donors (Lipinski definition) is 0. The predicted molar refractivity (Wildman–Crippen MR) is 90.2 cm³/mol. The van der Waals surface area contributed by atoms with Gasteiger partial charge in [-0.2, -0.15) is 0 Å². The van der Waals surface area contributed by atoms with Gasteiger partial charge in [-0.1, -0.05) is 75.7 Å². The van der Waals surface area contributed by atoms with Gasteiger partial charge in [0.15, 0.2) is 0 Å². The van der Waals surface area contributed by atoms with Crippen molar-refractivity contribution in [2.45, 2.75) is 64.5 Å². The van der Waals surface area contributed by atoms with E-state index in [1.54, 1.807) is 0 Å². The van der Waals surface area contributed by atoms with Crippen molar-refractivity contribution in [2.75, 3.05) is 0 Å². The van der Waals surface area contributed by atoms with E-state index in [2.05, 4.69) is 73.3 Å². The summed E-state index contributed by atoms with van der Waals surface area (Å²) in [5.41, 5.74) is 4.96. The minimum absolute atomic E-state index is 0.508. The number of hydrogen-bond acceptors (Lipinski definition) is 1. The zero-order valence-corrected chi connectivity index (χ0v) is 14.3. The van der Waals surface area contributed by atoms with Gasteiger partial charge in [-0.15, -0.1) is 5.54 Å². The Morgan fingerprint density at radius 2 is 1.85 bits per heavy atom. The summed E-state index contributed by atoms with van der Waals surface area (Å²) in [7, 11) is -1.25. The molecule has 1 saturated heterocycles. The number of nitrogens with zero attached hydrogens (tertiary/aromatic N) is 1. The first-order valence-corrected chi connectivity index (χ1v) is 11.3. The maximum atomic E-state index is 3.56. The highest BCUT2D eigenvalue weighted by molar-refractivity contribution is 6.83. The molecule has 1 aliphatic rings. The highest BCUT2D eigenvalue weighted by atomic mass is 28.3. The van der Waals surface area contributed by atoms with E-state index in [0.29, 0.717) is 12.1 Å². The van der Waals surface area contributed by atoms with Gasteiger partial charge in [-0.05, 0) is 12.0 Å². The van der Waals surface area contributed by atoms with Crippen LogP contribution in [0.25, 0.3) is 0 Å². The summed E-state index contributed by atoms with van der Waals surface area (Å²) in [4.78, 5) is 2.57. The van der Waals surface area contributed by atoms with Crippen molar-refractivity contribution in [3.05, 3.63) is 35.9 Å². The summed E-state index contributed by atoms with van der Waals surface area (Å²) < 4.78 is 0. The van der Waals surface area contributed by atoms with E-state index < -0.39 is 8.07 Å². The lowest BCUT2D eigenvalue weighted by Crippen LogP contribution is -2.17. The number of unbranched alkanes of at least 4 members (excludes halogenated alkanes) is 1. The quantitative estimate of drug-likeness (QED) is 0.442. The fourth-order valence-corrected chi connectivity index (χ4v) is 3.13. The number of rotatable bonds is 5. The van der Waals surface area contributed by atoms with Crippen LogP contribution in [0.5, 0.6) is 0 Å². The summed E-state index contributed by atoms with van der Waals surface area (Å²) >= 11 is 0. The summed E-state index contributed by atoms with van der Waals surface area (Å²) in [5, 5.41) is 0. The lowest BCUT2D eigenvalue weighted by molar-refractivity contribution is 0.471. The zero-order chi connectivity index (χ0) is 14.6. The van der Waals surface area contributed by atoms with Crippen LogP contribution >= 0.6 is 0 Å². The first kappa shape index (κ1) is 15.3. The fourth-order valence-electron chi connectivity index (χ4n) is 2.55. The van der Waals surface area contributed by atoms with Crippen LogP contribution in [0, 0.1) is 11.5 Å². The molecule has 0 spiro atoms. The van der Waals surface area contributed by atoms with Crippen LogP contribution in [0.4, 0.5) is 0 Å². The molecule has 1 aromatic rings. The molecule has 2 rings (SSSR count). The van der Waals surface area contributed by atoms with Gasteiger partial charge in [-0.25, -0.2) is 0 Å². The molecule has 1 aromatic carbocycles. The Kier molecular flexibility index (Phi) is 5.07. The molecule has 0 radical (unpaired) electrons. The highest BCUT2D eigenvalue weighted by Gasteiger charge is 2.45. The van der Waals surface area contributed by atoms with Crippen molar-refractivity contribution in [1.29, 1.82) is 0 Å². The normalized spacial score (nSPS) is 24.9. The Morgan fingerprint density at radius 3 is 2.45 bits per heavy atom. The molecule has 1 nitrogen and oxygen atoms in total. The van der Waals surface area contributed by atoms with Gasteiger partial charge in [0, 0.05) is 12.6 Å². The van der Waals surface area contributed by atoms with Crippen molar-refractivity contribution in [3.8, 4) is 11.5 Å². The Hall–Kier alpha value is -1.04. The van der Waals surface area contributed by atoms with Crippen molar-refractivity contribution in [3.63, 3.8) is 0 Å². The van der Waals surface area contributed by atoms with Crippen molar-refractivity contribution >= 4 is 8.07 Å². The van der Waals surface area contributed by atoms with E-state index in [1.165, 1.54) is 24.8 Å². The third-order valence-electron chi connectivity index (χ3n) is 3.71. The van der Waals surface area contributed by atoms with Crippen LogP contribution in [0.15, 0.2) is 30.3 Å². The van der Waals surface area contributed by atoms with Crippen LogP contribution in [0.3, 0.4) is 0 Å². The molecule has 3 atom stereocenters. The molecular weight excluding hydrogens is 258 g/mol. The lowest BCUT2D eigenvalue weighted by atomic mass is 10.1. The van der Waals surface area contributed by atoms with Crippen molar-refractivity contribution < 1.29 is 0 Å². The maximum Gasteiger partial charge on any atom is 0.129 e. The van der Waals surface area contributed by atoms with Crippen LogP contribution in [-0.2, 0) is 6.54 Å². The van der Waals surface area contributed by atoms with Gasteiger partial charge < -0.3 is 0 Å². The molecule has 1 fully saturated rings. The molecule has 0 aromatic heterocycles. The summed E-state index contributed by atoms with van der Waals surface area (Å²) in [6.45, 7) is 10.3. The fraction of sp³-hybridized carbons (Fsp3) is 0.556. The first-order chi connectivity index (χ1) is 9.51. The monoisotopic (exact) mass is 285 g/mol. The Balaban J connectivity index is 1.99. The molecule has 1 aliphatic heterocycles. The second-order valence-electron chi connectivity index (χ2n) is 6.83. The third-order valence-corrected chi connectivity index (χ3v) is 4.61. The average Bonchev–Trinajstić information content (AvgIpc) is 3.06. The lowest BCUT2D eigenvalue weighted by Gasteiger charge is -2.04. The second kappa shape index (κ2) is 6.61. The molecule has 0 N–H and O–H groups in total. The summed E-state index contributed by atoms with van der Waals surface area (Å²) in [6.07, 6.45) is 3.90. The smallest absolute Gasteiger partial charge is 0.129 e. The van der Waals surface area contributed by atoms with Crippen molar-refractivity contribution in [1.82, 2.24) is 4.90 Å². The van der Waals surface area contributed by atoms with E-state index in [9.17, 15) is 0 Å².